The average molecular weight is 222 g/mol. The van der Waals surface area contributed by atoms with Crippen LogP contribution in [0.1, 0.15) is 24.5 Å². The van der Waals surface area contributed by atoms with E-state index >= 15 is 0 Å². The second-order valence-electron chi connectivity index (χ2n) is 3.71. The minimum Gasteiger partial charge on any atom is -0.392 e. The first-order chi connectivity index (χ1) is 7.67. The van der Waals surface area contributed by atoms with Crippen LogP contribution in [0, 0.1) is 0 Å². The number of carbonyl (C=O) groups excluding carboxylic acids is 1. The van der Waals surface area contributed by atoms with Crippen molar-refractivity contribution in [1.29, 1.82) is 0 Å². The third-order valence-corrected chi connectivity index (χ3v) is 2.42. The highest BCUT2D eigenvalue weighted by molar-refractivity contribution is 5.81. The number of aliphatic hydroxyl groups is 1. The molecule has 0 saturated carbocycles. The molecule has 0 unspecified atom stereocenters. The third kappa shape index (κ3) is 3.64. The fourth-order valence-corrected chi connectivity index (χ4v) is 1.34. The van der Waals surface area contributed by atoms with E-state index in [1.807, 2.05) is 31.2 Å². The first-order valence-corrected chi connectivity index (χ1v) is 5.39. The number of benzene rings is 1. The molecule has 16 heavy (non-hydrogen) atoms. The molecule has 1 aromatic rings. The maximum Gasteiger partial charge on any atom is 0.237 e. The first-order valence-electron chi connectivity index (χ1n) is 5.39. The molecule has 0 aliphatic carbocycles. The number of rotatable bonds is 5. The Labute approximate surface area is 95.5 Å². The third-order valence-electron chi connectivity index (χ3n) is 2.42. The van der Waals surface area contributed by atoms with Gasteiger partial charge in [-0.25, -0.2) is 0 Å². The van der Waals surface area contributed by atoms with E-state index in [-0.39, 0.29) is 12.5 Å². The van der Waals surface area contributed by atoms with Gasteiger partial charge < -0.3 is 16.2 Å². The van der Waals surface area contributed by atoms with Gasteiger partial charge in [0, 0.05) is 6.54 Å². The minimum absolute atomic E-state index is 0.0102. The van der Waals surface area contributed by atoms with Gasteiger partial charge in [0.1, 0.15) is 0 Å². The number of carbonyl (C=O) groups is 1. The second kappa shape index (κ2) is 6.25. The first kappa shape index (κ1) is 12.7. The zero-order valence-electron chi connectivity index (χ0n) is 9.44. The number of nitrogens with one attached hydrogen (secondary N) is 1. The van der Waals surface area contributed by atoms with E-state index in [0.717, 1.165) is 11.1 Å². The zero-order chi connectivity index (χ0) is 12.0. The molecule has 0 saturated heterocycles. The maximum absolute atomic E-state index is 11.4. The number of nitrogens with two attached hydrogens (primary N) is 1. The SMILES string of the molecule is CC[C@@H](N)C(=O)NCc1cccc(CO)c1. The molecule has 0 spiro atoms. The lowest BCUT2D eigenvalue weighted by molar-refractivity contribution is -0.122. The largest absolute Gasteiger partial charge is 0.392 e. The Bertz CT molecular complexity index is 353. The van der Waals surface area contributed by atoms with Crippen molar-refractivity contribution >= 4 is 5.91 Å². The van der Waals surface area contributed by atoms with Crippen LogP contribution in [-0.4, -0.2) is 17.1 Å². The van der Waals surface area contributed by atoms with Crippen LogP contribution in [0.4, 0.5) is 0 Å². The monoisotopic (exact) mass is 222 g/mol. The van der Waals surface area contributed by atoms with E-state index in [4.69, 9.17) is 10.8 Å². The van der Waals surface area contributed by atoms with E-state index in [1.165, 1.54) is 0 Å². The van der Waals surface area contributed by atoms with Gasteiger partial charge in [-0.3, -0.25) is 4.79 Å². The molecule has 0 aromatic heterocycles. The van der Waals surface area contributed by atoms with Crippen LogP contribution in [-0.2, 0) is 17.9 Å². The summed E-state index contributed by atoms with van der Waals surface area (Å²) in [6.07, 6.45) is 0.627. The smallest absolute Gasteiger partial charge is 0.237 e. The van der Waals surface area contributed by atoms with E-state index in [9.17, 15) is 4.79 Å². The highest BCUT2D eigenvalue weighted by Gasteiger charge is 2.09. The summed E-state index contributed by atoms with van der Waals surface area (Å²) in [6, 6.07) is 7.01. The van der Waals surface area contributed by atoms with Gasteiger partial charge in [-0.2, -0.15) is 0 Å². The highest BCUT2D eigenvalue weighted by atomic mass is 16.3. The lowest BCUT2D eigenvalue weighted by Crippen LogP contribution is -2.39. The van der Waals surface area contributed by atoms with Crippen molar-refractivity contribution in [2.24, 2.45) is 5.73 Å². The molecule has 0 fully saturated rings. The summed E-state index contributed by atoms with van der Waals surface area (Å²) in [4.78, 5) is 11.4. The Hall–Kier alpha value is -1.39. The molecule has 1 rings (SSSR count). The van der Waals surface area contributed by atoms with Crippen LogP contribution >= 0.6 is 0 Å². The molecule has 0 heterocycles. The van der Waals surface area contributed by atoms with Crippen molar-refractivity contribution in [3.63, 3.8) is 0 Å². The normalized spacial score (nSPS) is 12.2. The van der Waals surface area contributed by atoms with Crippen LogP contribution < -0.4 is 11.1 Å². The molecular weight excluding hydrogens is 204 g/mol. The van der Waals surface area contributed by atoms with Crippen LogP contribution in [0.25, 0.3) is 0 Å². The summed E-state index contributed by atoms with van der Waals surface area (Å²) in [6.45, 7) is 2.33. The summed E-state index contributed by atoms with van der Waals surface area (Å²) in [5.41, 5.74) is 7.39. The van der Waals surface area contributed by atoms with Gasteiger partial charge in [-0.1, -0.05) is 31.2 Å². The Morgan fingerprint density at radius 3 is 2.81 bits per heavy atom. The predicted octanol–water partition coefficient (Wildman–Crippen LogP) is 0.532. The fourth-order valence-electron chi connectivity index (χ4n) is 1.34. The van der Waals surface area contributed by atoms with Crippen molar-refractivity contribution in [1.82, 2.24) is 5.32 Å². The van der Waals surface area contributed by atoms with Crippen molar-refractivity contribution in [2.45, 2.75) is 32.5 Å². The van der Waals surface area contributed by atoms with Gasteiger partial charge >= 0.3 is 0 Å². The number of amides is 1. The molecule has 1 atom stereocenters. The van der Waals surface area contributed by atoms with E-state index < -0.39 is 6.04 Å². The van der Waals surface area contributed by atoms with E-state index in [2.05, 4.69) is 5.32 Å². The Balaban J connectivity index is 2.51. The molecule has 88 valence electrons. The van der Waals surface area contributed by atoms with Crippen molar-refractivity contribution in [3.05, 3.63) is 35.4 Å². The number of hydrogen-bond donors (Lipinski definition) is 3. The van der Waals surface area contributed by atoms with E-state index in [0.29, 0.717) is 13.0 Å². The summed E-state index contributed by atoms with van der Waals surface area (Å²) in [5.74, 6) is -0.142. The lowest BCUT2D eigenvalue weighted by Gasteiger charge is -2.10. The molecule has 1 amide bonds. The van der Waals surface area contributed by atoms with Crippen molar-refractivity contribution in [2.75, 3.05) is 0 Å². The van der Waals surface area contributed by atoms with Crippen LogP contribution in [0.5, 0.6) is 0 Å². The average Bonchev–Trinajstić information content (AvgIpc) is 2.35. The highest BCUT2D eigenvalue weighted by Crippen LogP contribution is 2.04. The fraction of sp³-hybridized carbons (Fsp3) is 0.417. The van der Waals surface area contributed by atoms with Crippen LogP contribution in [0.3, 0.4) is 0 Å². The summed E-state index contributed by atoms with van der Waals surface area (Å²) >= 11 is 0. The molecule has 1 aromatic carbocycles. The molecule has 0 radical (unpaired) electrons. The quantitative estimate of drug-likeness (QED) is 0.680. The Kier molecular flexibility index (Phi) is 4.95. The molecular formula is C12H18N2O2. The second-order valence-corrected chi connectivity index (χ2v) is 3.71. The Morgan fingerprint density at radius 2 is 2.19 bits per heavy atom. The summed E-state index contributed by atoms with van der Waals surface area (Å²) in [5, 5.41) is 11.7. The molecule has 0 aliphatic rings. The van der Waals surface area contributed by atoms with Gasteiger partial charge in [-0.15, -0.1) is 0 Å². The van der Waals surface area contributed by atoms with Crippen LogP contribution in [0.2, 0.25) is 0 Å². The van der Waals surface area contributed by atoms with Gasteiger partial charge in [0.05, 0.1) is 12.6 Å². The molecule has 0 bridgehead atoms. The maximum atomic E-state index is 11.4. The predicted molar refractivity (Wildman–Crippen MR) is 62.5 cm³/mol. The van der Waals surface area contributed by atoms with Gasteiger partial charge in [0.2, 0.25) is 5.91 Å². The van der Waals surface area contributed by atoms with Gasteiger partial charge in [0.15, 0.2) is 0 Å². The van der Waals surface area contributed by atoms with E-state index in [1.54, 1.807) is 0 Å². The topological polar surface area (TPSA) is 75.4 Å². The molecule has 4 N–H and O–H groups in total. The zero-order valence-corrected chi connectivity index (χ0v) is 9.44. The standard InChI is InChI=1S/C12H18N2O2/c1-2-11(13)12(16)14-7-9-4-3-5-10(6-9)8-15/h3-6,11,15H,2,7-8,13H2,1H3,(H,14,16)/t11-/m1/s1. The van der Waals surface area contributed by atoms with Crippen molar-refractivity contribution < 1.29 is 9.90 Å². The lowest BCUT2D eigenvalue weighted by atomic mass is 10.1. The Morgan fingerprint density at radius 1 is 1.50 bits per heavy atom. The van der Waals surface area contributed by atoms with Crippen LogP contribution in [0.15, 0.2) is 24.3 Å². The molecule has 4 nitrogen and oxygen atoms in total. The minimum atomic E-state index is -0.443. The van der Waals surface area contributed by atoms with Gasteiger partial charge in [0.25, 0.3) is 0 Å². The molecule has 4 heteroatoms. The van der Waals surface area contributed by atoms with Crippen molar-refractivity contribution in [3.8, 4) is 0 Å². The summed E-state index contributed by atoms with van der Waals surface area (Å²) in [7, 11) is 0. The summed E-state index contributed by atoms with van der Waals surface area (Å²) < 4.78 is 0. The molecule has 0 aliphatic heterocycles. The number of hydrogen-bond acceptors (Lipinski definition) is 3. The van der Waals surface area contributed by atoms with Gasteiger partial charge in [-0.05, 0) is 17.5 Å². The number of aliphatic hydroxyl groups excluding tert-OH is 1.